The molecule has 5 nitrogen and oxygen atoms in total. The molecule has 0 spiro atoms. The van der Waals surface area contributed by atoms with Crippen LogP contribution in [0.15, 0.2) is 53.4 Å². The third kappa shape index (κ3) is 6.23. The molecule has 0 aromatic heterocycles. The number of benzene rings is 2. The zero-order valence-corrected chi connectivity index (χ0v) is 17.5. The van der Waals surface area contributed by atoms with Crippen molar-refractivity contribution in [3.63, 3.8) is 0 Å². The third-order valence-corrected chi connectivity index (χ3v) is 5.26. The number of rotatable bonds is 9. The van der Waals surface area contributed by atoms with Gasteiger partial charge in [-0.05, 0) is 60.4 Å². The zero-order chi connectivity index (χ0) is 20.7. The van der Waals surface area contributed by atoms with Crippen molar-refractivity contribution in [2.75, 3.05) is 20.0 Å². The Balaban J connectivity index is 2.09. The van der Waals surface area contributed by atoms with Gasteiger partial charge in [0.2, 0.25) is 0 Å². The van der Waals surface area contributed by atoms with Gasteiger partial charge in [0, 0.05) is 11.8 Å². The molecule has 2 rings (SSSR count). The van der Waals surface area contributed by atoms with Crippen molar-refractivity contribution in [2.45, 2.75) is 25.2 Å². The number of methoxy groups -OCH3 is 1. The second kappa shape index (κ2) is 9.55. The average Bonchev–Trinajstić information content (AvgIpc) is 2.65. The molecule has 0 atom stereocenters. The van der Waals surface area contributed by atoms with Crippen LogP contribution in [-0.4, -0.2) is 34.2 Å². The number of allylic oxidation sites excluding steroid dienone is 1. The first-order valence-electron chi connectivity index (χ1n) is 9.04. The van der Waals surface area contributed by atoms with E-state index in [1.807, 2.05) is 12.1 Å². The van der Waals surface area contributed by atoms with Crippen LogP contribution in [0, 0.1) is 5.92 Å². The van der Waals surface area contributed by atoms with Gasteiger partial charge in [-0.2, -0.15) is 0 Å². The molecule has 0 aliphatic rings. The van der Waals surface area contributed by atoms with Gasteiger partial charge in [-0.15, -0.1) is 0 Å². The molecule has 0 amide bonds. The summed E-state index contributed by atoms with van der Waals surface area (Å²) in [7, 11) is -1.70. The summed E-state index contributed by atoms with van der Waals surface area (Å²) in [5, 5.41) is 0. The molecule has 2 aromatic carbocycles. The minimum atomic E-state index is -3.28. The quantitative estimate of drug-likeness (QED) is 0.459. The van der Waals surface area contributed by atoms with Crippen molar-refractivity contribution in [1.29, 1.82) is 0 Å². The Hall–Kier alpha value is -2.60. The predicted octanol–water partition coefficient (Wildman–Crippen LogP) is 4.42. The molecule has 0 bridgehead atoms. The van der Waals surface area contributed by atoms with Crippen LogP contribution in [0.5, 0.6) is 11.5 Å². The summed E-state index contributed by atoms with van der Waals surface area (Å²) in [5.41, 5.74) is 1.22. The number of ether oxygens (including phenoxy) is 2. The minimum absolute atomic E-state index is 0.186. The minimum Gasteiger partial charge on any atom is -0.493 e. The Labute approximate surface area is 166 Å². The second-order valence-corrected chi connectivity index (χ2v) is 8.95. The number of hydrogen-bond acceptors (Lipinski definition) is 5. The van der Waals surface area contributed by atoms with Crippen LogP contribution < -0.4 is 9.47 Å². The van der Waals surface area contributed by atoms with E-state index in [1.165, 1.54) is 30.3 Å². The van der Waals surface area contributed by atoms with Gasteiger partial charge in [-0.25, -0.2) is 8.42 Å². The fourth-order valence-corrected chi connectivity index (χ4v) is 3.08. The lowest BCUT2D eigenvalue weighted by Gasteiger charge is -2.12. The Kier molecular flexibility index (Phi) is 7.40. The van der Waals surface area contributed by atoms with E-state index in [2.05, 4.69) is 13.8 Å². The highest BCUT2D eigenvalue weighted by atomic mass is 32.2. The molecule has 0 saturated carbocycles. The molecule has 0 unspecified atom stereocenters. The summed E-state index contributed by atoms with van der Waals surface area (Å²) in [6.07, 6.45) is 5.22. The number of carbonyl (C=O) groups excluding carboxylic acids is 1. The van der Waals surface area contributed by atoms with Gasteiger partial charge >= 0.3 is 0 Å². The van der Waals surface area contributed by atoms with Crippen LogP contribution in [0.2, 0.25) is 0 Å². The van der Waals surface area contributed by atoms with Gasteiger partial charge in [-0.1, -0.05) is 26.0 Å². The Morgan fingerprint density at radius 1 is 1.07 bits per heavy atom. The smallest absolute Gasteiger partial charge is 0.185 e. The molecule has 0 heterocycles. The molecule has 0 aliphatic heterocycles. The number of ketones is 1. The lowest BCUT2D eigenvalue weighted by atomic mass is 10.1. The number of hydrogen-bond donors (Lipinski definition) is 0. The van der Waals surface area contributed by atoms with Gasteiger partial charge in [-0.3, -0.25) is 4.79 Å². The molecule has 0 saturated heterocycles. The van der Waals surface area contributed by atoms with Crippen molar-refractivity contribution in [1.82, 2.24) is 0 Å². The first-order valence-corrected chi connectivity index (χ1v) is 10.9. The molecule has 6 heteroatoms. The summed E-state index contributed by atoms with van der Waals surface area (Å²) >= 11 is 0. The lowest BCUT2D eigenvalue weighted by molar-refractivity contribution is 0.104. The van der Waals surface area contributed by atoms with Crippen LogP contribution >= 0.6 is 0 Å². The molecule has 150 valence electrons. The maximum atomic E-state index is 12.3. The summed E-state index contributed by atoms with van der Waals surface area (Å²) < 4.78 is 34.1. The first-order chi connectivity index (χ1) is 13.2. The van der Waals surface area contributed by atoms with Crippen LogP contribution in [0.4, 0.5) is 0 Å². The highest BCUT2D eigenvalue weighted by Crippen LogP contribution is 2.29. The number of carbonyl (C=O) groups is 1. The summed E-state index contributed by atoms with van der Waals surface area (Å²) in [6.45, 7) is 4.89. The normalized spacial score (nSPS) is 11.8. The Morgan fingerprint density at radius 3 is 2.32 bits per heavy atom. The highest BCUT2D eigenvalue weighted by Gasteiger charge is 2.09. The van der Waals surface area contributed by atoms with E-state index in [0.29, 0.717) is 29.6 Å². The van der Waals surface area contributed by atoms with Gasteiger partial charge in [0.05, 0.1) is 18.6 Å². The predicted molar refractivity (Wildman–Crippen MR) is 111 cm³/mol. The third-order valence-electron chi connectivity index (χ3n) is 4.13. The molecule has 0 fully saturated rings. The van der Waals surface area contributed by atoms with Crippen molar-refractivity contribution >= 4 is 21.7 Å². The molecule has 0 aliphatic carbocycles. The monoisotopic (exact) mass is 402 g/mol. The van der Waals surface area contributed by atoms with Gasteiger partial charge in [0.1, 0.15) is 0 Å². The van der Waals surface area contributed by atoms with E-state index in [0.717, 1.165) is 18.2 Å². The van der Waals surface area contributed by atoms with Crippen LogP contribution in [-0.2, 0) is 9.84 Å². The maximum Gasteiger partial charge on any atom is 0.185 e. The fourth-order valence-electron chi connectivity index (χ4n) is 2.45. The SMILES string of the molecule is COc1cc(/C=C/C(=O)c2ccc(S(C)(=O)=O)cc2)ccc1OCCC(C)C. The summed E-state index contributed by atoms with van der Waals surface area (Å²) in [6, 6.07) is 11.4. The van der Waals surface area contributed by atoms with E-state index in [4.69, 9.17) is 9.47 Å². The largest absolute Gasteiger partial charge is 0.493 e. The molecule has 0 N–H and O–H groups in total. The van der Waals surface area contributed by atoms with Crippen LogP contribution in [0.3, 0.4) is 0 Å². The highest BCUT2D eigenvalue weighted by molar-refractivity contribution is 7.90. The fraction of sp³-hybridized carbons (Fsp3) is 0.318. The molecular formula is C22H26O5S. The van der Waals surface area contributed by atoms with Gasteiger partial charge in [0.25, 0.3) is 0 Å². The second-order valence-electron chi connectivity index (χ2n) is 6.94. The van der Waals surface area contributed by atoms with Crippen LogP contribution in [0.1, 0.15) is 36.2 Å². The molecule has 2 aromatic rings. The van der Waals surface area contributed by atoms with Gasteiger partial charge in [0.15, 0.2) is 27.1 Å². The standard InChI is InChI=1S/C22H26O5S/c1-16(2)13-14-27-21-12-6-17(15-22(21)26-3)5-11-20(23)18-7-9-19(10-8-18)28(4,24)25/h5-12,15-16H,13-14H2,1-4H3/b11-5+. The molecule has 28 heavy (non-hydrogen) atoms. The lowest BCUT2D eigenvalue weighted by Crippen LogP contribution is -2.02. The molecule has 0 radical (unpaired) electrons. The van der Waals surface area contributed by atoms with Crippen LogP contribution in [0.25, 0.3) is 6.08 Å². The van der Waals surface area contributed by atoms with E-state index in [1.54, 1.807) is 19.3 Å². The topological polar surface area (TPSA) is 69.7 Å². The Bertz CT molecular complexity index is 941. The van der Waals surface area contributed by atoms with Crippen molar-refractivity contribution in [3.8, 4) is 11.5 Å². The summed E-state index contributed by atoms with van der Waals surface area (Å²) in [4.78, 5) is 12.5. The average molecular weight is 403 g/mol. The maximum absolute atomic E-state index is 12.3. The van der Waals surface area contributed by atoms with E-state index >= 15 is 0 Å². The zero-order valence-electron chi connectivity index (χ0n) is 16.6. The van der Waals surface area contributed by atoms with Gasteiger partial charge < -0.3 is 9.47 Å². The van der Waals surface area contributed by atoms with E-state index in [-0.39, 0.29) is 10.7 Å². The first kappa shape index (κ1) is 21.7. The van der Waals surface area contributed by atoms with Crippen molar-refractivity contribution in [3.05, 3.63) is 59.7 Å². The van der Waals surface area contributed by atoms with E-state index in [9.17, 15) is 13.2 Å². The van der Waals surface area contributed by atoms with Crippen molar-refractivity contribution < 1.29 is 22.7 Å². The number of sulfone groups is 1. The Morgan fingerprint density at radius 2 is 1.75 bits per heavy atom. The molecular weight excluding hydrogens is 376 g/mol. The van der Waals surface area contributed by atoms with E-state index < -0.39 is 9.84 Å². The van der Waals surface area contributed by atoms with Crippen molar-refractivity contribution in [2.24, 2.45) is 5.92 Å². The summed E-state index contributed by atoms with van der Waals surface area (Å²) in [5.74, 6) is 1.63.